The van der Waals surface area contributed by atoms with Gasteiger partial charge in [0.05, 0.1) is 0 Å². The fourth-order valence-corrected chi connectivity index (χ4v) is 2.23. The Morgan fingerprint density at radius 3 is 2.17 bits per heavy atom. The van der Waals surface area contributed by atoms with Crippen LogP contribution in [0.25, 0.3) is 0 Å². The molecule has 1 unspecified atom stereocenters. The molecule has 136 valence electrons. The van der Waals surface area contributed by atoms with Crippen LogP contribution in [0, 0.1) is 0 Å². The molecule has 0 aromatic carbocycles. The molecule has 0 aromatic heterocycles. The van der Waals surface area contributed by atoms with Gasteiger partial charge in [0.25, 0.3) is 0 Å². The third kappa shape index (κ3) is 3.49. The molecule has 1 saturated heterocycles. The second-order valence-electron chi connectivity index (χ2n) is 5.17. The highest BCUT2D eigenvalue weighted by atomic mass is 16.7. The van der Waals surface area contributed by atoms with E-state index in [1.165, 1.54) is 0 Å². The van der Waals surface area contributed by atoms with Gasteiger partial charge >= 0.3 is 11.9 Å². The summed E-state index contributed by atoms with van der Waals surface area (Å²) in [5.41, 5.74) is 0. The van der Waals surface area contributed by atoms with Gasteiger partial charge < -0.3 is 50.0 Å². The standard InChI is InChI=1S/C12H16O12/c13-2-1-3(9(17)18)22-12(4(2)14)24-7-5(15)6(16)11(21)23-8(7)10(19)20/h1-2,4-8,11-16,21H,(H,17,18)(H,19,20)/t2-,4+,5+,6+,7+,8-,11?,12+/m0/s1. The van der Waals surface area contributed by atoms with Crippen molar-refractivity contribution in [2.24, 2.45) is 0 Å². The maximum absolute atomic E-state index is 11.2. The van der Waals surface area contributed by atoms with Gasteiger partial charge in [0.1, 0.15) is 30.5 Å². The number of ether oxygens (including phenoxy) is 3. The van der Waals surface area contributed by atoms with Gasteiger partial charge in [0.15, 0.2) is 12.4 Å². The first-order chi connectivity index (χ1) is 11.1. The van der Waals surface area contributed by atoms with E-state index in [0.29, 0.717) is 6.08 Å². The minimum absolute atomic E-state index is 0.702. The van der Waals surface area contributed by atoms with Crippen molar-refractivity contribution in [1.29, 1.82) is 0 Å². The molecule has 8 atom stereocenters. The summed E-state index contributed by atoms with van der Waals surface area (Å²) in [6, 6.07) is 0. The zero-order chi connectivity index (χ0) is 18.2. The number of aliphatic hydroxyl groups excluding tert-OH is 5. The van der Waals surface area contributed by atoms with Gasteiger partial charge in [0.2, 0.25) is 12.0 Å². The summed E-state index contributed by atoms with van der Waals surface area (Å²) >= 11 is 0. The fourth-order valence-electron chi connectivity index (χ4n) is 2.23. The molecule has 7 N–H and O–H groups in total. The Kier molecular flexibility index (Phi) is 5.39. The Hall–Kier alpha value is -1.80. The molecule has 2 heterocycles. The number of carboxylic acid groups (broad SMARTS) is 2. The molecule has 0 bridgehead atoms. The molecule has 2 aliphatic heterocycles. The largest absolute Gasteiger partial charge is 0.479 e. The zero-order valence-corrected chi connectivity index (χ0v) is 11.9. The lowest BCUT2D eigenvalue weighted by atomic mass is 9.98. The van der Waals surface area contributed by atoms with Gasteiger partial charge in [-0.25, -0.2) is 9.59 Å². The maximum atomic E-state index is 11.2. The van der Waals surface area contributed by atoms with Crippen LogP contribution in [0.15, 0.2) is 11.8 Å². The van der Waals surface area contributed by atoms with Gasteiger partial charge in [-0.15, -0.1) is 0 Å². The SMILES string of the molecule is O=C(O)C1=C[C@H](O)[C@@H](O)[C@@H](O[C@@H]2[C@H](O)[C@@H](O)C(O)O[C@@H]2C(=O)O)O1. The first-order valence-corrected chi connectivity index (χ1v) is 6.69. The predicted octanol–water partition coefficient (Wildman–Crippen LogP) is -4.06. The molecular formula is C12H16O12. The average molecular weight is 352 g/mol. The molecule has 1 fully saturated rings. The number of rotatable bonds is 4. The summed E-state index contributed by atoms with van der Waals surface area (Å²) in [6.07, 6.45) is -14.3. The summed E-state index contributed by atoms with van der Waals surface area (Å²) in [7, 11) is 0. The Bertz CT molecular complexity index is 532. The van der Waals surface area contributed by atoms with Crippen LogP contribution in [0.2, 0.25) is 0 Å². The van der Waals surface area contributed by atoms with Crippen LogP contribution in [0.5, 0.6) is 0 Å². The van der Waals surface area contributed by atoms with Crippen LogP contribution in [-0.2, 0) is 23.8 Å². The molecule has 0 spiro atoms. The summed E-state index contributed by atoms with van der Waals surface area (Å²) < 4.78 is 14.4. The maximum Gasteiger partial charge on any atom is 0.371 e. The number of hydrogen-bond acceptors (Lipinski definition) is 10. The average Bonchev–Trinajstić information content (AvgIpc) is 2.51. The Labute approximate surface area is 133 Å². The van der Waals surface area contributed by atoms with Crippen molar-refractivity contribution in [3.63, 3.8) is 0 Å². The van der Waals surface area contributed by atoms with Gasteiger partial charge in [-0.1, -0.05) is 0 Å². The van der Waals surface area contributed by atoms with Gasteiger partial charge in [-0.2, -0.15) is 0 Å². The van der Waals surface area contributed by atoms with Crippen LogP contribution >= 0.6 is 0 Å². The third-order valence-electron chi connectivity index (χ3n) is 3.50. The van der Waals surface area contributed by atoms with E-state index in [-0.39, 0.29) is 0 Å². The normalized spacial score (nSPS) is 42.8. The second kappa shape index (κ2) is 6.98. The molecule has 0 aromatic rings. The summed E-state index contributed by atoms with van der Waals surface area (Å²) in [4.78, 5) is 22.0. The molecule has 2 rings (SSSR count). The van der Waals surface area contributed by atoms with Crippen molar-refractivity contribution in [3.8, 4) is 0 Å². The Morgan fingerprint density at radius 1 is 1.00 bits per heavy atom. The van der Waals surface area contributed by atoms with E-state index in [4.69, 9.17) is 19.7 Å². The predicted molar refractivity (Wildman–Crippen MR) is 68.0 cm³/mol. The first kappa shape index (κ1) is 18.5. The number of hydrogen-bond donors (Lipinski definition) is 7. The lowest BCUT2D eigenvalue weighted by Crippen LogP contribution is -2.62. The number of carboxylic acids is 2. The van der Waals surface area contributed by atoms with E-state index in [9.17, 15) is 35.1 Å². The summed E-state index contributed by atoms with van der Waals surface area (Å²) in [6.45, 7) is 0. The van der Waals surface area contributed by atoms with E-state index in [1.54, 1.807) is 0 Å². The van der Waals surface area contributed by atoms with Crippen LogP contribution in [0.3, 0.4) is 0 Å². The van der Waals surface area contributed by atoms with Crippen LogP contribution in [0.1, 0.15) is 0 Å². The minimum Gasteiger partial charge on any atom is -0.479 e. The molecule has 0 saturated carbocycles. The van der Waals surface area contributed by atoms with Crippen molar-refractivity contribution >= 4 is 11.9 Å². The third-order valence-corrected chi connectivity index (χ3v) is 3.50. The smallest absolute Gasteiger partial charge is 0.371 e. The van der Waals surface area contributed by atoms with Crippen LogP contribution in [-0.4, -0.2) is 96.9 Å². The summed E-state index contributed by atoms with van der Waals surface area (Å²) in [5.74, 6) is -4.01. The molecule has 0 radical (unpaired) electrons. The van der Waals surface area contributed by atoms with Crippen molar-refractivity contribution < 1.29 is 59.5 Å². The Balaban J connectivity index is 2.21. The molecule has 0 amide bonds. The quantitative estimate of drug-likeness (QED) is 0.258. The van der Waals surface area contributed by atoms with E-state index < -0.39 is 66.9 Å². The van der Waals surface area contributed by atoms with Crippen molar-refractivity contribution in [3.05, 3.63) is 11.8 Å². The molecule has 12 heteroatoms. The van der Waals surface area contributed by atoms with Crippen LogP contribution in [0.4, 0.5) is 0 Å². The second-order valence-corrected chi connectivity index (χ2v) is 5.17. The van der Waals surface area contributed by atoms with E-state index >= 15 is 0 Å². The highest BCUT2D eigenvalue weighted by Gasteiger charge is 2.50. The zero-order valence-electron chi connectivity index (χ0n) is 11.9. The van der Waals surface area contributed by atoms with E-state index in [1.807, 2.05) is 0 Å². The monoisotopic (exact) mass is 352 g/mol. The van der Waals surface area contributed by atoms with Gasteiger partial charge in [0, 0.05) is 0 Å². The highest BCUT2D eigenvalue weighted by molar-refractivity contribution is 5.84. The minimum atomic E-state index is -2.00. The van der Waals surface area contributed by atoms with Crippen molar-refractivity contribution in [2.45, 2.75) is 49.2 Å². The van der Waals surface area contributed by atoms with Crippen molar-refractivity contribution in [2.75, 3.05) is 0 Å². The topological polar surface area (TPSA) is 203 Å². The lowest BCUT2D eigenvalue weighted by Gasteiger charge is -2.41. The fraction of sp³-hybridized carbons (Fsp3) is 0.667. The lowest BCUT2D eigenvalue weighted by molar-refractivity contribution is -0.319. The molecule has 24 heavy (non-hydrogen) atoms. The van der Waals surface area contributed by atoms with E-state index in [0.717, 1.165) is 0 Å². The highest BCUT2D eigenvalue weighted by Crippen LogP contribution is 2.27. The number of carbonyl (C=O) groups is 2. The van der Waals surface area contributed by atoms with Crippen molar-refractivity contribution in [1.82, 2.24) is 0 Å². The number of aliphatic hydroxyl groups is 5. The molecule has 0 aliphatic carbocycles. The molecule has 12 nitrogen and oxygen atoms in total. The first-order valence-electron chi connectivity index (χ1n) is 6.69. The van der Waals surface area contributed by atoms with Gasteiger partial charge in [-0.05, 0) is 6.08 Å². The molecular weight excluding hydrogens is 336 g/mol. The Morgan fingerprint density at radius 2 is 1.62 bits per heavy atom. The van der Waals surface area contributed by atoms with Crippen LogP contribution < -0.4 is 0 Å². The molecule has 2 aliphatic rings. The summed E-state index contributed by atoms with van der Waals surface area (Å²) in [5, 5.41) is 66.0. The van der Waals surface area contributed by atoms with Gasteiger partial charge in [-0.3, -0.25) is 0 Å². The van der Waals surface area contributed by atoms with E-state index in [2.05, 4.69) is 4.74 Å². The number of aliphatic carboxylic acids is 2.